The van der Waals surface area contributed by atoms with Crippen molar-refractivity contribution in [2.24, 2.45) is 13.0 Å². The molecule has 5 heteroatoms. The highest BCUT2D eigenvalue weighted by Crippen LogP contribution is 2.24. The zero-order chi connectivity index (χ0) is 16.4. The van der Waals surface area contributed by atoms with Gasteiger partial charge in [-0.25, -0.2) is 0 Å². The first-order valence-corrected chi connectivity index (χ1v) is 7.68. The molecule has 0 fully saturated rings. The third-order valence-electron chi connectivity index (χ3n) is 4.18. The van der Waals surface area contributed by atoms with Crippen LogP contribution in [0.15, 0.2) is 42.7 Å². The number of hydrogen-bond acceptors (Lipinski definition) is 3. The Morgan fingerprint density at radius 1 is 1.26 bits per heavy atom. The fourth-order valence-electron chi connectivity index (χ4n) is 2.75. The van der Waals surface area contributed by atoms with Crippen molar-refractivity contribution in [2.75, 3.05) is 0 Å². The average molecular weight is 309 g/mol. The fraction of sp³-hybridized carbons (Fsp3) is 0.278. The summed E-state index contributed by atoms with van der Waals surface area (Å²) >= 11 is 0. The Kier molecular flexibility index (Phi) is 4.10. The van der Waals surface area contributed by atoms with Crippen LogP contribution in [0, 0.1) is 5.92 Å². The van der Waals surface area contributed by atoms with Gasteiger partial charge in [-0.2, -0.15) is 5.10 Å². The zero-order valence-corrected chi connectivity index (χ0v) is 13.2. The summed E-state index contributed by atoms with van der Waals surface area (Å²) in [6, 6.07) is 10.1. The van der Waals surface area contributed by atoms with Crippen LogP contribution >= 0.6 is 0 Å². The SMILES string of the molecule is CCC(Cc1cccc(-c2cnc3cnn(C)c3c2)c1)C(=O)O. The summed E-state index contributed by atoms with van der Waals surface area (Å²) in [5, 5.41) is 13.4. The Hall–Kier alpha value is -2.69. The summed E-state index contributed by atoms with van der Waals surface area (Å²) in [7, 11) is 1.89. The number of carbonyl (C=O) groups is 1. The average Bonchev–Trinajstić information content (AvgIpc) is 2.93. The lowest BCUT2D eigenvalue weighted by atomic mass is 9.95. The molecule has 0 spiro atoms. The number of nitrogens with zero attached hydrogens (tertiary/aromatic N) is 3. The van der Waals surface area contributed by atoms with Crippen molar-refractivity contribution in [3.63, 3.8) is 0 Å². The molecule has 1 N–H and O–H groups in total. The van der Waals surface area contributed by atoms with Crippen LogP contribution in [-0.4, -0.2) is 25.8 Å². The van der Waals surface area contributed by atoms with Crippen molar-refractivity contribution in [3.8, 4) is 11.1 Å². The standard InChI is InChI=1S/C18H19N3O2/c1-3-13(18(22)23)7-12-5-4-6-14(8-12)15-9-17-16(19-10-15)11-20-21(17)2/h4-6,8-11,13H,3,7H2,1-2H3,(H,22,23). The van der Waals surface area contributed by atoms with E-state index in [-0.39, 0.29) is 5.92 Å². The van der Waals surface area contributed by atoms with Gasteiger partial charge in [0.15, 0.2) is 0 Å². The lowest BCUT2D eigenvalue weighted by Crippen LogP contribution is -2.15. The molecule has 3 aromatic rings. The number of carboxylic acids is 1. The maximum atomic E-state index is 11.2. The van der Waals surface area contributed by atoms with Gasteiger partial charge in [-0.1, -0.05) is 31.2 Å². The molecule has 5 nitrogen and oxygen atoms in total. The molecule has 1 unspecified atom stereocenters. The molecule has 0 bridgehead atoms. The second-order valence-corrected chi connectivity index (χ2v) is 5.74. The topological polar surface area (TPSA) is 68.0 Å². The van der Waals surface area contributed by atoms with Gasteiger partial charge >= 0.3 is 5.97 Å². The second-order valence-electron chi connectivity index (χ2n) is 5.74. The fourth-order valence-corrected chi connectivity index (χ4v) is 2.75. The van der Waals surface area contributed by atoms with Gasteiger partial charge in [0.25, 0.3) is 0 Å². The van der Waals surface area contributed by atoms with E-state index in [1.807, 2.05) is 44.4 Å². The molecule has 0 aliphatic carbocycles. The number of aryl methyl sites for hydroxylation is 1. The van der Waals surface area contributed by atoms with E-state index < -0.39 is 5.97 Å². The third kappa shape index (κ3) is 3.08. The highest BCUT2D eigenvalue weighted by Gasteiger charge is 2.15. The normalized spacial score (nSPS) is 12.4. The Morgan fingerprint density at radius 3 is 2.83 bits per heavy atom. The molecule has 1 aromatic carbocycles. The van der Waals surface area contributed by atoms with E-state index in [0.717, 1.165) is 27.7 Å². The van der Waals surface area contributed by atoms with Crippen molar-refractivity contribution >= 4 is 17.0 Å². The first-order chi connectivity index (χ1) is 11.1. The van der Waals surface area contributed by atoms with Crippen LogP contribution in [0.5, 0.6) is 0 Å². The van der Waals surface area contributed by atoms with Gasteiger partial charge in [0, 0.05) is 18.8 Å². The maximum Gasteiger partial charge on any atom is 0.306 e. The number of rotatable bonds is 5. The lowest BCUT2D eigenvalue weighted by Gasteiger charge is -2.11. The van der Waals surface area contributed by atoms with E-state index in [0.29, 0.717) is 12.8 Å². The molecule has 0 saturated heterocycles. The van der Waals surface area contributed by atoms with Gasteiger partial charge in [-0.3, -0.25) is 14.5 Å². The van der Waals surface area contributed by atoms with Gasteiger partial charge in [-0.15, -0.1) is 0 Å². The Balaban J connectivity index is 1.94. The van der Waals surface area contributed by atoms with Gasteiger partial charge in [0.1, 0.15) is 5.52 Å². The highest BCUT2D eigenvalue weighted by molar-refractivity contribution is 5.80. The van der Waals surface area contributed by atoms with Gasteiger partial charge < -0.3 is 5.11 Å². The lowest BCUT2D eigenvalue weighted by molar-refractivity contribution is -0.141. The highest BCUT2D eigenvalue weighted by atomic mass is 16.4. The molecule has 0 saturated carbocycles. The summed E-state index contributed by atoms with van der Waals surface area (Å²) in [5.41, 5.74) is 4.92. The summed E-state index contributed by atoms with van der Waals surface area (Å²) in [5.74, 6) is -1.08. The predicted molar refractivity (Wildman–Crippen MR) is 89.1 cm³/mol. The van der Waals surface area contributed by atoms with E-state index in [9.17, 15) is 9.90 Å². The molecular formula is C18H19N3O2. The van der Waals surface area contributed by atoms with Crippen molar-refractivity contribution in [2.45, 2.75) is 19.8 Å². The molecule has 0 radical (unpaired) electrons. The summed E-state index contributed by atoms with van der Waals surface area (Å²) in [4.78, 5) is 15.7. The van der Waals surface area contributed by atoms with Crippen molar-refractivity contribution in [3.05, 3.63) is 48.3 Å². The molecule has 0 amide bonds. The van der Waals surface area contributed by atoms with Crippen LogP contribution in [-0.2, 0) is 18.3 Å². The third-order valence-corrected chi connectivity index (χ3v) is 4.18. The number of carboxylic acid groups (broad SMARTS) is 1. The Bertz CT molecular complexity index is 854. The first-order valence-electron chi connectivity index (χ1n) is 7.68. The van der Waals surface area contributed by atoms with Crippen LogP contribution in [0.1, 0.15) is 18.9 Å². The maximum absolute atomic E-state index is 11.2. The molecular weight excluding hydrogens is 290 g/mol. The molecule has 23 heavy (non-hydrogen) atoms. The molecule has 0 aliphatic rings. The number of pyridine rings is 1. The van der Waals surface area contributed by atoms with Crippen LogP contribution in [0.4, 0.5) is 0 Å². The number of benzene rings is 1. The van der Waals surface area contributed by atoms with Crippen molar-refractivity contribution in [1.82, 2.24) is 14.8 Å². The molecule has 1 atom stereocenters. The van der Waals surface area contributed by atoms with Gasteiger partial charge in [0.2, 0.25) is 0 Å². The predicted octanol–water partition coefficient (Wildman–Crippen LogP) is 3.29. The number of fused-ring (bicyclic) bond motifs is 1. The van der Waals surface area contributed by atoms with Crippen LogP contribution < -0.4 is 0 Å². The van der Waals surface area contributed by atoms with Crippen molar-refractivity contribution in [1.29, 1.82) is 0 Å². The zero-order valence-electron chi connectivity index (χ0n) is 13.2. The second kappa shape index (κ2) is 6.20. The van der Waals surface area contributed by atoms with E-state index in [1.165, 1.54) is 0 Å². The number of hydrogen-bond donors (Lipinski definition) is 1. The van der Waals surface area contributed by atoms with E-state index >= 15 is 0 Å². The largest absolute Gasteiger partial charge is 0.481 e. The summed E-state index contributed by atoms with van der Waals surface area (Å²) < 4.78 is 1.80. The molecule has 2 aromatic heterocycles. The van der Waals surface area contributed by atoms with Crippen LogP contribution in [0.2, 0.25) is 0 Å². The van der Waals surface area contributed by atoms with Crippen LogP contribution in [0.3, 0.4) is 0 Å². The monoisotopic (exact) mass is 309 g/mol. The van der Waals surface area contributed by atoms with Crippen molar-refractivity contribution < 1.29 is 9.90 Å². The van der Waals surface area contributed by atoms with Crippen LogP contribution in [0.25, 0.3) is 22.2 Å². The molecule has 3 rings (SSSR count). The minimum Gasteiger partial charge on any atom is -0.481 e. The molecule has 118 valence electrons. The smallest absolute Gasteiger partial charge is 0.306 e. The first kappa shape index (κ1) is 15.2. The van der Waals surface area contributed by atoms with E-state index in [2.05, 4.69) is 16.1 Å². The molecule has 2 heterocycles. The van der Waals surface area contributed by atoms with Gasteiger partial charge in [-0.05, 0) is 30.0 Å². The summed E-state index contributed by atoms with van der Waals surface area (Å²) in [6.45, 7) is 1.91. The Labute approximate surface area is 134 Å². The van der Waals surface area contributed by atoms with E-state index in [1.54, 1.807) is 10.9 Å². The minimum atomic E-state index is -0.740. The molecule has 0 aliphatic heterocycles. The number of aromatic nitrogens is 3. The summed E-state index contributed by atoms with van der Waals surface area (Å²) in [6.07, 6.45) is 4.75. The van der Waals surface area contributed by atoms with Gasteiger partial charge in [0.05, 0.1) is 17.6 Å². The minimum absolute atomic E-state index is 0.345. The quantitative estimate of drug-likeness (QED) is 0.785. The van der Waals surface area contributed by atoms with E-state index in [4.69, 9.17) is 0 Å². The number of aliphatic carboxylic acids is 1. The Morgan fingerprint density at radius 2 is 2.09 bits per heavy atom.